The third-order valence-corrected chi connectivity index (χ3v) is 7.76. The molecule has 1 amide bonds. The van der Waals surface area contributed by atoms with Gasteiger partial charge in [-0.15, -0.1) is 11.3 Å². The van der Waals surface area contributed by atoms with Crippen LogP contribution in [-0.2, 0) is 21.4 Å². The van der Waals surface area contributed by atoms with E-state index in [1.165, 1.54) is 35.7 Å². The van der Waals surface area contributed by atoms with Gasteiger partial charge in [0.05, 0.1) is 11.4 Å². The monoisotopic (exact) mass is 496 g/mol. The number of likely N-dealkylation sites (tertiary alicyclic amines) is 1. The molecule has 1 aliphatic rings. The number of anilines is 1. The predicted molar refractivity (Wildman–Crippen MR) is 123 cm³/mol. The van der Waals surface area contributed by atoms with Crippen LogP contribution >= 0.6 is 22.9 Å². The molecule has 0 saturated carbocycles. The zero-order chi connectivity index (χ0) is 22.9. The molecular formula is C21H22ClFN4O3S2. The largest absolute Gasteiger partial charge is 0.341 e. The van der Waals surface area contributed by atoms with E-state index in [1.54, 1.807) is 9.47 Å². The number of rotatable bonds is 6. The molecule has 3 aromatic rings. The number of aromatic nitrogens is 2. The number of thiazole rings is 1. The molecule has 1 aromatic carbocycles. The molecule has 2 aromatic heterocycles. The van der Waals surface area contributed by atoms with E-state index >= 15 is 0 Å². The number of sulfonamides is 1. The zero-order valence-electron chi connectivity index (χ0n) is 17.3. The second-order valence-electron chi connectivity index (χ2n) is 7.65. The number of piperidine rings is 1. The van der Waals surface area contributed by atoms with Crippen molar-refractivity contribution in [2.24, 2.45) is 0 Å². The van der Waals surface area contributed by atoms with Gasteiger partial charge in [0.25, 0.3) is 10.0 Å². The van der Waals surface area contributed by atoms with Gasteiger partial charge in [0.1, 0.15) is 22.3 Å². The third kappa shape index (κ3) is 4.97. The van der Waals surface area contributed by atoms with Crippen molar-refractivity contribution in [1.29, 1.82) is 0 Å². The fourth-order valence-corrected chi connectivity index (χ4v) is 5.67. The molecule has 7 nitrogen and oxygen atoms in total. The maximum absolute atomic E-state index is 14.2. The van der Waals surface area contributed by atoms with Crippen LogP contribution in [0.4, 0.5) is 10.1 Å². The van der Waals surface area contributed by atoms with Gasteiger partial charge in [0.2, 0.25) is 5.91 Å². The number of aryl methyl sites for hydroxylation is 1. The first-order chi connectivity index (χ1) is 15.2. The smallest absolute Gasteiger partial charge is 0.263 e. The summed E-state index contributed by atoms with van der Waals surface area (Å²) in [5.41, 5.74) is 1.11. The van der Waals surface area contributed by atoms with Crippen LogP contribution < -0.4 is 4.72 Å². The first kappa shape index (κ1) is 22.8. The van der Waals surface area contributed by atoms with Crippen LogP contribution in [0.25, 0.3) is 10.7 Å². The fourth-order valence-electron chi connectivity index (χ4n) is 3.58. The summed E-state index contributed by atoms with van der Waals surface area (Å²) in [5.74, 6) is -0.855. The Kier molecular flexibility index (Phi) is 6.55. The molecule has 3 heterocycles. The predicted octanol–water partition coefficient (Wildman–Crippen LogP) is 4.53. The molecule has 0 aliphatic carbocycles. The van der Waals surface area contributed by atoms with Crippen LogP contribution in [0.15, 0.2) is 40.7 Å². The number of amides is 1. The molecule has 1 aliphatic heterocycles. The lowest BCUT2D eigenvalue weighted by atomic mass is 10.1. The maximum Gasteiger partial charge on any atom is 0.263 e. The van der Waals surface area contributed by atoms with Crippen LogP contribution in [-0.4, -0.2) is 41.9 Å². The number of carbonyl (C=O) groups excluding carboxylic acids is 1. The minimum Gasteiger partial charge on any atom is -0.341 e. The second kappa shape index (κ2) is 9.21. The highest BCUT2D eigenvalue weighted by Crippen LogP contribution is 2.30. The highest BCUT2D eigenvalue weighted by Gasteiger charge is 2.24. The molecular weight excluding hydrogens is 475 g/mol. The minimum atomic E-state index is -4.11. The lowest BCUT2D eigenvalue weighted by Crippen LogP contribution is -2.37. The first-order valence-corrected chi connectivity index (χ1v) is 12.9. The molecule has 1 N–H and O–H groups in total. The van der Waals surface area contributed by atoms with Gasteiger partial charge in [0, 0.05) is 35.4 Å². The van der Waals surface area contributed by atoms with Gasteiger partial charge < -0.3 is 9.47 Å². The van der Waals surface area contributed by atoms with Gasteiger partial charge >= 0.3 is 0 Å². The number of nitrogens with zero attached hydrogens (tertiary/aromatic N) is 3. The van der Waals surface area contributed by atoms with Crippen molar-refractivity contribution in [2.45, 2.75) is 37.6 Å². The zero-order valence-corrected chi connectivity index (χ0v) is 19.7. The molecule has 0 atom stereocenters. The number of carbonyl (C=O) groups is 1. The number of hydrogen-bond donors (Lipinski definition) is 1. The summed E-state index contributed by atoms with van der Waals surface area (Å²) in [6, 6.07) is 5.15. The fraction of sp³-hybridized carbons (Fsp3) is 0.333. The van der Waals surface area contributed by atoms with E-state index in [0.717, 1.165) is 31.0 Å². The van der Waals surface area contributed by atoms with Crippen LogP contribution in [0.2, 0.25) is 5.02 Å². The summed E-state index contributed by atoms with van der Waals surface area (Å²) < 4.78 is 44.0. The topological polar surface area (TPSA) is 84.3 Å². The average molecular weight is 497 g/mol. The van der Waals surface area contributed by atoms with Crippen molar-refractivity contribution in [3.8, 4) is 10.7 Å². The quantitative estimate of drug-likeness (QED) is 0.543. The molecule has 0 bridgehead atoms. The second-order valence-corrected chi connectivity index (χ2v) is 10.6. The summed E-state index contributed by atoms with van der Waals surface area (Å²) in [6.07, 6.45) is 4.43. The Morgan fingerprint density at radius 3 is 2.66 bits per heavy atom. The lowest BCUT2D eigenvalue weighted by Gasteiger charge is -2.27. The molecule has 0 spiro atoms. The number of halogens is 2. The number of benzene rings is 1. The molecule has 32 heavy (non-hydrogen) atoms. The van der Waals surface area contributed by atoms with Crippen LogP contribution in [0.1, 0.15) is 25.0 Å². The summed E-state index contributed by atoms with van der Waals surface area (Å²) in [4.78, 5) is 19.0. The van der Waals surface area contributed by atoms with Crippen molar-refractivity contribution >= 4 is 44.6 Å². The highest BCUT2D eigenvalue weighted by atomic mass is 35.5. The number of hydrogen-bond acceptors (Lipinski definition) is 5. The average Bonchev–Trinajstić information content (AvgIpc) is 3.37. The van der Waals surface area contributed by atoms with E-state index in [-0.39, 0.29) is 28.1 Å². The van der Waals surface area contributed by atoms with Crippen molar-refractivity contribution in [3.63, 3.8) is 0 Å². The summed E-state index contributed by atoms with van der Waals surface area (Å²) >= 11 is 7.11. The Morgan fingerprint density at radius 2 is 2.00 bits per heavy atom. The van der Waals surface area contributed by atoms with Gasteiger partial charge in [-0.1, -0.05) is 11.6 Å². The summed E-state index contributed by atoms with van der Waals surface area (Å²) in [6.45, 7) is 3.25. The Hall–Kier alpha value is -2.43. The van der Waals surface area contributed by atoms with Crippen LogP contribution in [0.5, 0.6) is 0 Å². The molecule has 1 saturated heterocycles. The molecule has 11 heteroatoms. The van der Waals surface area contributed by atoms with Crippen LogP contribution in [0.3, 0.4) is 0 Å². The Balaban J connectivity index is 1.67. The van der Waals surface area contributed by atoms with E-state index in [2.05, 4.69) is 9.71 Å². The van der Waals surface area contributed by atoms with Gasteiger partial charge in [-0.25, -0.2) is 17.8 Å². The Morgan fingerprint density at radius 1 is 1.25 bits per heavy atom. The normalized spacial score (nSPS) is 14.5. The van der Waals surface area contributed by atoms with Gasteiger partial charge in [0.15, 0.2) is 0 Å². The van der Waals surface area contributed by atoms with Gasteiger partial charge in [-0.05, 0) is 50.5 Å². The van der Waals surface area contributed by atoms with Crippen molar-refractivity contribution in [2.75, 3.05) is 17.8 Å². The molecule has 0 radical (unpaired) electrons. The molecule has 1 fully saturated rings. The van der Waals surface area contributed by atoms with Gasteiger partial charge in [-0.3, -0.25) is 9.52 Å². The van der Waals surface area contributed by atoms with E-state index in [9.17, 15) is 17.6 Å². The SMILES string of the molecule is Cc1csc(-c2cc(S(=O)(=O)Nc3ccc(Cl)cc3F)cn2CC(=O)N2CCCCC2)n1. The first-order valence-electron chi connectivity index (χ1n) is 10.1. The molecule has 0 unspecified atom stereocenters. The Labute approximate surface area is 194 Å². The summed E-state index contributed by atoms with van der Waals surface area (Å²) in [5, 5.41) is 2.62. The van der Waals surface area contributed by atoms with E-state index in [4.69, 9.17) is 11.6 Å². The maximum atomic E-state index is 14.2. The van der Waals surface area contributed by atoms with Crippen molar-refractivity contribution in [1.82, 2.24) is 14.5 Å². The van der Waals surface area contributed by atoms with E-state index in [1.807, 2.05) is 12.3 Å². The Bertz CT molecular complexity index is 1250. The molecule has 4 rings (SSSR count). The number of nitrogens with one attached hydrogen (secondary N) is 1. The van der Waals surface area contributed by atoms with Crippen molar-refractivity contribution < 1.29 is 17.6 Å². The van der Waals surface area contributed by atoms with E-state index in [0.29, 0.717) is 23.8 Å². The summed E-state index contributed by atoms with van der Waals surface area (Å²) in [7, 11) is -4.11. The van der Waals surface area contributed by atoms with Gasteiger partial charge in [-0.2, -0.15) is 0 Å². The standard InChI is InChI=1S/C21H22ClFN4O3S2/c1-14-13-31-21(24-14)19-10-16(11-27(19)12-20(28)26-7-3-2-4-8-26)32(29,30)25-18-6-5-15(22)9-17(18)23/h5-6,9-11,13,25H,2-4,7-8,12H2,1H3. The highest BCUT2D eigenvalue weighted by molar-refractivity contribution is 7.92. The van der Waals surface area contributed by atoms with Crippen molar-refractivity contribution in [3.05, 3.63) is 52.4 Å². The minimum absolute atomic E-state index is 0.00120. The lowest BCUT2D eigenvalue weighted by molar-refractivity contribution is -0.132. The third-order valence-electron chi connectivity index (χ3n) is 5.21. The van der Waals surface area contributed by atoms with Crippen LogP contribution in [0, 0.1) is 12.7 Å². The molecule has 170 valence electrons. The van der Waals surface area contributed by atoms with E-state index < -0.39 is 15.8 Å².